The molecule has 2 aromatic carbocycles. The van der Waals surface area contributed by atoms with E-state index in [0.717, 1.165) is 29.4 Å². The van der Waals surface area contributed by atoms with Crippen molar-refractivity contribution in [3.05, 3.63) is 48.0 Å². The molecular formula is C20H24N3O2+. The van der Waals surface area contributed by atoms with Gasteiger partial charge in [-0.15, -0.1) is 0 Å². The predicted molar refractivity (Wildman–Crippen MR) is 96.1 cm³/mol. The predicted octanol–water partition coefficient (Wildman–Crippen LogP) is 1.63. The van der Waals surface area contributed by atoms with Gasteiger partial charge in [0.2, 0.25) is 0 Å². The van der Waals surface area contributed by atoms with Gasteiger partial charge < -0.3 is 10.2 Å². The van der Waals surface area contributed by atoms with Gasteiger partial charge in [0.05, 0.1) is 13.1 Å². The molecule has 4 rings (SSSR count). The summed E-state index contributed by atoms with van der Waals surface area (Å²) in [6.07, 6.45) is 3.58. The highest BCUT2D eigenvalue weighted by Gasteiger charge is 2.50. The van der Waals surface area contributed by atoms with Crippen LogP contribution < -0.4 is 10.2 Å². The Morgan fingerprint density at radius 2 is 1.76 bits per heavy atom. The summed E-state index contributed by atoms with van der Waals surface area (Å²) in [5.74, 6) is -0.146. The summed E-state index contributed by atoms with van der Waals surface area (Å²) >= 11 is 0. The Kier molecular flexibility index (Phi) is 3.96. The minimum Gasteiger partial charge on any atom is -0.319 e. The number of benzene rings is 2. The molecule has 0 unspecified atom stereocenters. The standard InChI is InChI=1S/C20H23N3O2/c1-20(17-11-7-9-15-8-3-4-10-16(15)17)18(24)23(19(25)21-20)14-22-12-5-2-6-13-22/h3-4,7-11H,2,5-6,12-14H2,1H3,(H,21,25)/p+1/t20-/m0/s1. The van der Waals surface area contributed by atoms with Crippen LogP contribution in [0.2, 0.25) is 0 Å². The monoisotopic (exact) mass is 338 g/mol. The van der Waals surface area contributed by atoms with Gasteiger partial charge in [0.25, 0.3) is 5.91 Å². The second-order valence-electron chi connectivity index (χ2n) is 7.28. The summed E-state index contributed by atoms with van der Waals surface area (Å²) < 4.78 is 0. The number of carbonyl (C=O) groups is 2. The number of urea groups is 1. The zero-order valence-electron chi connectivity index (χ0n) is 14.5. The van der Waals surface area contributed by atoms with E-state index in [4.69, 9.17) is 0 Å². The third-order valence-electron chi connectivity index (χ3n) is 5.55. The molecular weight excluding hydrogens is 314 g/mol. The number of piperidine rings is 1. The zero-order chi connectivity index (χ0) is 17.4. The Morgan fingerprint density at radius 1 is 1.04 bits per heavy atom. The molecule has 130 valence electrons. The Morgan fingerprint density at radius 3 is 2.56 bits per heavy atom. The van der Waals surface area contributed by atoms with Crippen molar-refractivity contribution in [1.82, 2.24) is 10.2 Å². The SMILES string of the molecule is C[C@@]1(c2cccc3ccccc23)NC(=O)N(C[NH+]2CCCCC2)C1=O. The molecule has 0 bridgehead atoms. The van der Waals surface area contributed by atoms with E-state index in [1.165, 1.54) is 29.1 Å². The van der Waals surface area contributed by atoms with Crippen LogP contribution in [-0.4, -0.2) is 36.6 Å². The van der Waals surface area contributed by atoms with Crippen molar-refractivity contribution >= 4 is 22.7 Å². The van der Waals surface area contributed by atoms with E-state index in [2.05, 4.69) is 5.32 Å². The molecule has 5 heteroatoms. The minimum absolute atomic E-state index is 0.146. The Hall–Kier alpha value is -2.40. The molecule has 2 aliphatic heterocycles. The van der Waals surface area contributed by atoms with Crippen molar-refractivity contribution in [2.75, 3.05) is 19.8 Å². The van der Waals surface area contributed by atoms with E-state index in [9.17, 15) is 9.59 Å². The third-order valence-corrected chi connectivity index (χ3v) is 5.55. The number of fused-ring (bicyclic) bond motifs is 1. The smallest absolute Gasteiger partial charge is 0.319 e. The number of rotatable bonds is 3. The van der Waals surface area contributed by atoms with Gasteiger partial charge in [-0.25, -0.2) is 9.69 Å². The van der Waals surface area contributed by atoms with Gasteiger partial charge in [-0.3, -0.25) is 4.79 Å². The van der Waals surface area contributed by atoms with Crippen LogP contribution in [0.3, 0.4) is 0 Å². The van der Waals surface area contributed by atoms with Crippen molar-refractivity contribution in [3.8, 4) is 0 Å². The molecule has 25 heavy (non-hydrogen) atoms. The summed E-state index contributed by atoms with van der Waals surface area (Å²) in [5.41, 5.74) is -0.146. The normalized spacial score (nSPS) is 24.8. The Balaban J connectivity index is 1.67. The molecule has 0 radical (unpaired) electrons. The fraction of sp³-hybridized carbons (Fsp3) is 0.400. The first-order valence-corrected chi connectivity index (χ1v) is 9.05. The molecule has 0 aromatic heterocycles. The second-order valence-corrected chi connectivity index (χ2v) is 7.28. The van der Waals surface area contributed by atoms with Gasteiger partial charge in [0.15, 0.2) is 6.67 Å². The minimum atomic E-state index is -1.01. The van der Waals surface area contributed by atoms with Gasteiger partial charge in [0, 0.05) is 0 Å². The highest BCUT2D eigenvalue weighted by atomic mass is 16.2. The number of carbonyl (C=O) groups excluding carboxylic acids is 2. The van der Waals surface area contributed by atoms with Crippen LogP contribution in [-0.2, 0) is 10.3 Å². The molecule has 0 saturated carbocycles. The number of quaternary nitrogens is 1. The lowest BCUT2D eigenvalue weighted by Crippen LogP contribution is -3.14. The van der Waals surface area contributed by atoms with E-state index in [1.54, 1.807) is 0 Å². The summed E-state index contributed by atoms with van der Waals surface area (Å²) in [6, 6.07) is 13.6. The van der Waals surface area contributed by atoms with Crippen molar-refractivity contribution in [3.63, 3.8) is 0 Å². The maximum Gasteiger partial charge on any atom is 0.329 e. The van der Waals surface area contributed by atoms with Crippen LogP contribution in [0.15, 0.2) is 42.5 Å². The highest BCUT2D eigenvalue weighted by Crippen LogP contribution is 2.33. The van der Waals surface area contributed by atoms with E-state index >= 15 is 0 Å². The number of amides is 3. The van der Waals surface area contributed by atoms with E-state index in [0.29, 0.717) is 6.67 Å². The quantitative estimate of drug-likeness (QED) is 0.836. The van der Waals surface area contributed by atoms with Crippen LogP contribution in [0.25, 0.3) is 10.8 Å². The molecule has 5 nitrogen and oxygen atoms in total. The van der Waals surface area contributed by atoms with Crippen molar-refractivity contribution in [2.45, 2.75) is 31.7 Å². The molecule has 2 fully saturated rings. The van der Waals surface area contributed by atoms with E-state index < -0.39 is 5.54 Å². The summed E-state index contributed by atoms with van der Waals surface area (Å²) in [4.78, 5) is 28.5. The fourth-order valence-corrected chi connectivity index (χ4v) is 4.12. The summed E-state index contributed by atoms with van der Waals surface area (Å²) in [6.45, 7) is 4.34. The van der Waals surface area contributed by atoms with Crippen molar-refractivity contribution in [1.29, 1.82) is 0 Å². The summed E-state index contributed by atoms with van der Waals surface area (Å²) in [7, 11) is 0. The summed E-state index contributed by atoms with van der Waals surface area (Å²) in [5, 5.41) is 5.03. The zero-order valence-corrected chi connectivity index (χ0v) is 14.5. The first-order chi connectivity index (χ1) is 12.1. The molecule has 1 atom stereocenters. The number of nitrogens with one attached hydrogen (secondary N) is 2. The molecule has 2 aliphatic rings. The Labute approximate surface area is 147 Å². The van der Waals surface area contributed by atoms with Gasteiger partial charge in [-0.2, -0.15) is 0 Å². The lowest BCUT2D eigenvalue weighted by atomic mass is 9.88. The fourth-order valence-electron chi connectivity index (χ4n) is 4.12. The van der Waals surface area contributed by atoms with Crippen molar-refractivity contribution in [2.24, 2.45) is 0 Å². The first-order valence-electron chi connectivity index (χ1n) is 9.05. The number of nitrogens with zero attached hydrogens (tertiary/aromatic N) is 1. The molecule has 2 heterocycles. The van der Waals surface area contributed by atoms with Crippen molar-refractivity contribution < 1.29 is 14.5 Å². The molecule has 2 N–H and O–H groups in total. The largest absolute Gasteiger partial charge is 0.329 e. The Bertz CT molecular complexity index is 823. The number of hydrogen-bond donors (Lipinski definition) is 2. The van der Waals surface area contributed by atoms with Crippen LogP contribution >= 0.6 is 0 Å². The van der Waals surface area contributed by atoms with Gasteiger partial charge in [-0.1, -0.05) is 42.5 Å². The number of likely N-dealkylation sites (tertiary alicyclic amines) is 1. The van der Waals surface area contributed by atoms with Gasteiger partial charge >= 0.3 is 6.03 Å². The lowest BCUT2D eigenvalue weighted by molar-refractivity contribution is -0.912. The maximum absolute atomic E-state index is 13.2. The van der Waals surface area contributed by atoms with Crippen LogP contribution in [0.1, 0.15) is 31.7 Å². The molecule has 0 spiro atoms. The average Bonchev–Trinajstić information content (AvgIpc) is 2.86. The highest BCUT2D eigenvalue weighted by molar-refractivity contribution is 6.09. The number of hydrogen-bond acceptors (Lipinski definition) is 2. The molecule has 2 saturated heterocycles. The number of imide groups is 1. The lowest BCUT2D eigenvalue weighted by Gasteiger charge is -2.27. The molecule has 2 aromatic rings. The third kappa shape index (κ3) is 2.68. The van der Waals surface area contributed by atoms with Gasteiger partial charge in [-0.05, 0) is 42.5 Å². The van der Waals surface area contributed by atoms with Crippen LogP contribution in [0.4, 0.5) is 4.79 Å². The average molecular weight is 338 g/mol. The second kappa shape index (κ2) is 6.15. The van der Waals surface area contributed by atoms with Crippen LogP contribution in [0, 0.1) is 0 Å². The van der Waals surface area contributed by atoms with Gasteiger partial charge in [0.1, 0.15) is 5.54 Å². The molecule has 3 amide bonds. The van der Waals surface area contributed by atoms with E-state index in [-0.39, 0.29) is 11.9 Å². The maximum atomic E-state index is 13.2. The van der Waals surface area contributed by atoms with E-state index in [1.807, 2.05) is 49.4 Å². The van der Waals surface area contributed by atoms with Crippen LogP contribution in [0.5, 0.6) is 0 Å². The first kappa shape index (κ1) is 16.1. The topological polar surface area (TPSA) is 53.9 Å². The molecule has 0 aliphatic carbocycles.